The summed E-state index contributed by atoms with van der Waals surface area (Å²) in [6.07, 6.45) is 0. The van der Waals surface area contributed by atoms with Gasteiger partial charge < -0.3 is 27.4 Å². The van der Waals surface area contributed by atoms with Gasteiger partial charge in [0, 0.05) is 98.8 Å². The first-order valence-corrected chi connectivity index (χ1v) is 47.4. The third-order valence-electron chi connectivity index (χ3n) is 27.9. The van der Waals surface area contributed by atoms with E-state index >= 15 is 0 Å². The molecule has 6 aromatic heterocycles. The minimum atomic E-state index is 1.16. The molecule has 0 aliphatic carbocycles. The van der Waals surface area contributed by atoms with Gasteiger partial charge in [-0.2, -0.15) is 0 Å². The van der Waals surface area contributed by atoms with E-state index in [4.69, 9.17) is 0 Å². The number of hydrogen-bond donors (Lipinski definition) is 0. The molecule has 6 nitrogen and oxygen atoms in total. The van der Waals surface area contributed by atoms with Crippen LogP contribution in [0.4, 0.5) is 0 Å². The SMILES string of the molecule is c1ccc(-c2ccc(-n3c4ccccc4c4cc(-c5ccc6c(c5)c5ccccc5n6-c5ccccc5)ccc43)cc2)cc1.c1ccc(-c2cccc(-n3c4ccccc4c4cc(-c5ccc6c(c5)c5ccccc5n6-c5cccc(-c6ccccc6)c5)ccc43)c2)cc1.c1ccc(-c2cccc(-n3c4ccccc4c4cc(-c5ccc6c(c5)c5ccccc5n6-c5ccccc5)ccc43)c2)cc1. The van der Waals surface area contributed by atoms with Crippen LogP contribution in [0.25, 0.3) is 243 Å². The molecule has 22 aromatic carbocycles. The van der Waals surface area contributed by atoms with Crippen molar-refractivity contribution in [2.75, 3.05) is 0 Å². The number of rotatable bonds is 13. The minimum absolute atomic E-state index is 1.16. The predicted molar refractivity (Wildman–Crippen MR) is 583 cm³/mol. The van der Waals surface area contributed by atoms with E-state index in [2.05, 4.69) is 561 Å². The summed E-state index contributed by atoms with van der Waals surface area (Å²) < 4.78 is 14.3. The van der Waals surface area contributed by atoms with Crippen LogP contribution in [-0.4, -0.2) is 27.4 Å². The van der Waals surface area contributed by atoms with E-state index in [-0.39, 0.29) is 0 Å². The Morgan fingerprint density at radius 3 is 0.457 bits per heavy atom. The van der Waals surface area contributed by atoms with Crippen LogP contribution in [0, 0.1) is 0 Å². The van der Waals surface area contributed by atoms with Crippen molar-refractivity contribution in [2.24, 2.45) is 0 Å². The molecule has 0 aliphatic heterocycles. The molecule has 6 heterocycles. The molecule has 0 fully saturated rings. The molecule has 0 aliphatic rings. The maximum atomic E-state index is 2.40. The Bertz CT molecular complexity index is 9350. The highest BCUT2D eigenvalue weighted by Gasteiger charge is 2.23. The third-order valence-corrected chi connectivity index (χ3v) is 27.9. The van der Waals surface area contributed by atoms with Gasteiger partial charge in [0.25, 0.3) is 0 Å². The van der Waals surface area contributed by atoms with Gasteiger partial charge >= 0.3 is 0 Å². The first-order valence-electron chi connectivity index (χ1n) is 47.4. The number of aromatic nitrogens is 6. The van der Waals surface area contributed by atoms with E-state index in [0.717, 1.165) is 11.4 Å². The standard InChI is InChI=1S/C48H32N2.2C42H28N2/c1-3-13-33(14-4-1)35-17-11-19-39(29-35)49-45-23-9-7-21-41(45)43-31-37(25-27-47(43)49)38-26-28-48-44(32-38)42-22-8-10-24-46(42)50(48)40-20-12-18-36(30-40)34-15-5-2-6-16-34;1-3-12-29(13-4-1)30-14-11-17-34(26-30)44-40-21-10-8-19-36(40)38-28-32(23-25-42(38)44)31-22-24-41-37(27-31)35-18-7-9-20-39(35)43(41)33-15-5-2-6-16-33;1-3-11-29(12-4-1)30-19-23-34(24-20-30)44-40-18-10-8-16-36(40)38-28-32(22-26-42(38)44)31-21-25-41-37(27-31)35-15-7-9-17-39(35)43(41)33-13-5-2-6-14-33/h1-32H;2*1-28H. The smallest absolute Gasteiger partial charge is 0.0541 e. The first-order chi connectivity index (χ1) is 68.5. The summed E-state index contributed by atoms with van der Waals surface area (Å²) >= 11 is 0. The maximum Gasteiger partial charge on any atom is 0.0541 e. The lowest BCUT2D eigenvalue weighted by Gasteiger charge is -2.11. The molecule has 0 spiro atoms. The molecule has 0 amide bonds. The maximum absolute atomic E-state index is 2.40. The molecule has 0 saturated carbocycles. The van der Waals surface area contributed by atoms with Crippen LogP contribution in [0.15, 0.2) is 534 Å². The number of benzene rings is 22. The largest absolute Gasteiger partial charge is 0.309 e. The van der Waals surface area contributed by atoms with Gasteiger partial charge in [-0.05, 0) is 260 Å². The monoisotopic (exact) mass is 1760 g/mol. The van der Waals surface area contributed by atoms with Crippen LogP contribution in [0.1, 0.15) is 0 Å². The Balaban J connectivity index is 0.000000107. The summed E-state index contributed by atoms with van der Waals surface area (Å²) in [6.45, 7) is 0. The summed E-state index contributed by atoms with van der Waals surface area (Å²) in [5.41, 5.74) is 38.6. The Morgan fingerprint density at radius 2 is 0.225 bits per heavy atom. The zero-order chi connectivity index (χ0) is 91.1. The van der Waals surface area contributed by atoms with Gasteiger partial charge in [-0.1, -0.05) is 352 Å². The second kappa shape index (κ2) is 34.0. The quantitative estimate of drug-likeness (QED) is 0.110. The van der Waals surface area contributed by atoms with Crippen LogP contribution in [0.2, 0.25) is 0 Å². The van der Waals surface area contributed by atoms with Gasteiger partial charge in [0.1, 0.15) is 0 Å². The van der Waals surface area contributed by atoms with Crippen LogP contribution in [0.3, 0.4) is 0 Å². The lowest BCUT2D eigenvalue weighted by molar-refractivity contribution is 1.18. The highest BCUT2D eigenvalue weighted by atomic mass is 15.0. The van der Waals surface area contributed by atoms with Crippen LogP contribution < -0.4 is 0 Å². The molecule has 0 unspecified atom stereocenters. The van der Waals surface area contributed by atoms with Crippen LogP contribution in [0.5, 0.6) is 0 Å². The van der Waals surface area contributed by atoms with Crippen molar-refractivity contribution in [1.29, 1.82) is 0 Å². The number of para-hydroxylation sites is 8. The minimum Gasteiger partial charge on any atom is -0.309 e. The second-order valence-electron chi connectivity index (χ2n) is 35.8. The number of fused-ring (bicyclic) bond motifs is 18. The van der Waals surface area contributed by atoms with Crippen molar-refractivity contribution in [1.82, 2.24) is 27.4 Å². The molecule has 0 atom stereocenters. The summed E-state index contributed by atoms with van der Waals surface area (Å²) in [7, 11) is 0. The van der Waals surface area contributed by atoms with E-state index in [9.17, 15) is 0 Å². The van der Waals surface area contributed by atoms with Gasteiger partial charge in [0.15, 0.2) is 0 Å². The Labute approximate surface area is 798 Å². The molecule has 6 heteroatoms. The fourth-order valence-electron chi connectivity index (χ4n) is 21.5. The summed E-state index contributed by atoms with van der Waals surface area (Å²) in [5.74, 6) is 0. The number of hydrogen-bond acceptors (Lipinski definition) is 0. The highest BCUT2D eigenvalue weighted by Crippen LogP contribution is 2.45. The van der Waals surface area contributed by atoms with Crippen molar-refractivity contribution in [3.05, 3.63) is 534 Å². The Morgan fingerprint density at radius 1 is 0.0797 bits per heavy atom. The van der Waals surface area contributed by atoms with Crippen LogP contribution >= 0.6 is 0 Å². The van der Waals surface area contributed by atoms with Crippen molar-refractivity contribution in [3.63, 3.8) is 0 Å². The molecule has 0 N–H and O–H groups in total. The normalized spacial score (nSPS) is 11.6. The van der Waals surface area contributed by atoms with Crippen molar-refractivity contribution in [3.8, 4) is 112 Å². The van der Waals surface area contributed by atoms with Gasteiger partial charge in [-0.25, -0.2) is 0 Å². The zero-order valence-corrected chi connectivity index (χ0v) is 75.5. The van der Waals surface area contributed by atoms with Crippen molar-refractivity contribution >= 4 is 131 Å². The van der Waals surface area contributed by atoms with Crippen molar-refractivity contribution in [2.45, 2.75) is 0 Å². The fraction of sp³-hybridized carbons (Fsp3) is 0. The molecule has 28 rings (SSSR count). The summed E-state index contributed by atoms with van der Waals surface area (Å²) in [6, 6.07) is 193. The highest BCUT2D eigenvalue weighted by molar-refractivity contribution is 6.17. The number of nitrogens with zero attached hydrogens (tertiary/aromatic N) is 6. The van der Waals surface area contributed by atoms with Crippen molar-refractivity contribution < 1.29 is 0 Å². The molecule has 0 bridgehead atoms. The topological polar surface area (TPSA) is 29.6 Å². The third kappa shape index (κ3) is 14.0. The summed E-state index contributed by atoms with van der Waals surface area (Å²) in [4.78, 5) is 0. The van der Waals surface area contributed by atoms with Gasteiger partial charge in [0.2, 0.25) is 0 Å². The molecular weight excluding hydrogens is 1670 g/mol. The average Bonchev–Trinajstić information content (AvgIpc) is 1.59. The van der Waals surface area contributed by atoms with E-state index in [1.807, 2.05) is 0 Å². The van der Waals surface area contributed by atoms with E-state index in [0.29, 0.717) is 0 Å². The van der Waals surface area contributed by atoms with Crippen LogP contribution in [-0.2, 0) is 0 Å². The molecule has 0 saturated heterocycles. The second-order valence-corrected chi connectivity index (χ2v) is 35.8. The predicted octanol–water partition coefficient (Wildman–Crippen LogP) is 35.3. The molecule has 646 valence electrons. The lowest BCUT2D eigenvalue weighted by Crippen LogP contribution is -1.94. The van der Waals surface area contributed by atoms with Gasteiger partial charge in [-0.15, -0.1) is 0 Å². The van der Waals surface area contributed by atoms with Gasteiger partial charge in [-0.3, -0.25) is 0 Å². The average molecular weight is 1760 g/mol. The molecule has 138 heavy (non-hydrogen) atoms. The summed E-state index contributed by atoms with van der Waals surface area (Å²) in [5, 5.41) is 15.1. The fourth-order valence-corrected chi connectivity index (χ4v) is 21.5. The van der Waals surface area contributed by atoms with E-state index in [1.54, 1.807) is 0 Å². The Hall–Kier alpha value is -18.4. The molecular formula is C132H88N6. The van der Waals surface area contributed by atoms with E-state index < -0.39 is 0 Å². The Kier molecular flexibility index (Phi) is 19.9. The molecule has 0 radical (unpaired) electrons. The first kappa shape index (κ1) is 80.5. The molecule has 28 aromatic rings. The van der Waals surface area contributed by atoms with E-state index in [1.165, 1.54) is 231 Å². The lowest BCUT2D eigenvalue weighted by atomic mass is 10.0. The van der Waals surface area contributed by atoms with Gasteiger partial charge in [0.05, 0.1) is 66.2 Å². The zero-order valence-electron chi connectivity index (χ0n) is 75.5.